The molecule has 5 nitrogen and oxygen atoms in total. The van der Waals surface area contributed by atoms with Gasteiger partial charge >= 0.3 is 5.97 Å². The number of fused-ring (bicyclic) bond motifs is 7. The number of Topliss-reactive ketones (excluding diaryl/α,β-unsaturated/α-hetero) is 1. The Kier molecular flexibility index (Phi) is 5.47. The Morgan fingerprint density at radius 3 is 2.27 bits per heavy atom. The lowest BCUT2D eigenvalue weighted by molar-refractivity contribution is -0.191. The van der Waals surface area contributed by atoms with Crippen molar-refractivity contribution < 1.29 is 19.1 Å². The lowest BCUT2D eigenvalue weighted by Crippen LogP contribution is -2.65. The lowest BCUT2D eigenvalue weighted by atomic mass is 9.34. The fourth-order valence-corrected chi connectivity index (χ4v) is 10.2. The molecule has 3 fully saturated rings. The topological polar surface area (TPSA) is 84.2 Å². The van der Waals surface area contributed by atoms with Gasteiger partial charge in [0.15, 0.2) is 11.6 Å². The van der Waals surface area contributed by atoms with Gasteiger partial charge in [0.2, 0.25) is 0 Å². The number of carbonyl (C=O) groups excluding carboxylic acids is 3. The predicted octanol–water partition coefficient (Wildman–Crippen LogP) is 6.38. The molecule has 5 aliphatic rings. The van der Waals surface area contributed by atoms with Gasteiger partial charge in [0.25, 0.3) is 0 Å². The van der Waals surface area contributed by atoms with Gasteiger partial charge in [0.05, 0.1) is 18.1 Å². The number of ether oxygens (including phenoxy) is 1. The number of hydrogen-bond acceptors (Lipinski definition) is 5. The van der Waals surface area contributed by atoms with E-state index >= 15 is 0 Å². The smallest absolute Gasteiger partial charge is 0.312 e. The summed E-state index contributed by atoms with van der Waals surface area (Å²) in [6.07, 6.45) is 9.65. The standard InChI is InChI=1S/C32H43NO4/c1-27(2)11-13-32(26(36)37-8)14-12-31(7)24(20(32)17-27)21(34)15-23-29(5)16-19(18-33)25(35)28(3,4)22(29)9-10-30(23,31)6/h15-16,20,22,24H,9-14,17H2,1-8H3/t20?,22-,24?,29?,30+,31+,32?/m0/s1. The van der Waals surface area contributed by atoms with Crippen LogP contribution < -0.4 is 0 Å². The molecule has 0 spiro atoms. The quantitative estimate of drug-likeness (QED) is 0.386. The van der Waals surface area contributed by atoms with Crippen LogP contribution in [0.15, 0.2) is 23.3 Å². The maximum absolute atomic E-state index is 14.4. The summed E-state index contributed by atoms with van der Waals surface area (Å²) in [7, 11) is 1.48. The molecule has 7 atom stereocenters. The Morgan fingerprint density at radius 1 is 1.00 bits per heavy atom. The monoisotopic (exact) mass is 505 g/mol. The molecular formula is C32H43NO4. The van der Waals surface area contributed by atoms with Crippen LogP contribution in [0.4, 0.5) is 0 Å². The Morgan fingerprint density at radius 2 is 1.65 bits per heavy atom. The second kappa shape index (κ2) is 7.67. The molecule has 0 aromatic carbocycles. The summed E-state index contributed by atoms with van der Waals surface area (Å²) in [5.41, 5.74) is -1.02. The molecule has 5 heteroatoms. The molecule has 0 N–H and O–H groups in total. The molecule has 0 aliphatic heterocycles. The van der Waals surface area contributed by atoms with Crippen molar-refractivity contribution >= 4 is 17.5 Å². The molecule has 5 rings (SSSR count). The zero-order valence-electron chi connectivity index (χ0n) is 23.9. The molecule has 0 bridgehead atoms. The zero-order valence-corrected chi connectivity index (χ0v) is 23.9. The summed E-state index contributed by atoms with van der Waals surface area (Å²) in [4.78, 5) is 40.9. The van der Waals surface area contributed by atoms with Crippen LogP contribution in [0.3, 0.4) is 0 Å². The predicted molar refractivity (Wildman–Crippen MR) is 141 cm³/mol. The van der Waals surface area contributed by atoms with Crippen molar-refractivity contribution in [3.8, 4) is 6.07 Å². The van der Waals surface area contributed by atoms with Gasteiger partial charge in [-0.3, -0.25) is 14.4 Å². The van der Waals surface area contributed by atoms with E-state index in [1.54, 1.807) is 0 Å². The first-order valence-corrected chi connectivity index (χ1v) is 14.1. The third-order valence-corrected chi connectivity index (χ3v) is 12.5. The van der Waals surface area contributed by atoms with Crippen molar-refractivity contribution in [1.82, 2.24) is 0 Å². The fourth-order valence-electron chi connectivity index (χ4n) is 10.2. The molecule has 3 saturated carbocycles. The van der Waals surface area contributed by atoms with E-state index in [2.05, 4.69) is 40.7 Å². The van der Waals surface area contributed by atoms with E-state index < -0.39 is 16.2 Å². The number of esters is 1. The van der Waals surface area contributed by atoms with Gasteiger partial charge in [-0.1, -0.05) is 60.1 Å². The summed E-state index contributed by atoms with van der Waals surface area (Å²) in [6, 6.07) is 2.17. The van der Waals surface area contributed by atoms with Gasteiger partial charge in [0.1, 0.15) is 6.07 Å². The molecule has 0 saturated heterocycles. The third-order valence-electron chi connectivity index (χ3n) is 12.5. The molecule has 200 valence electrons. The zero-order chi connectivity index (χ0) is 27.4. The average molecular weight is 506 g/mol. The van der Waals surface area contributed by atoms with Crippen LogP contribution in [0.2, 0.25) is 0 Å². The van der Waals surface area contributed by atoms with Crippen molar-refractivity contribution in [2.24, 2.45) is 50.2 Å². The largest absolute Gasteiger partial charge is 0.469 e. The van der Waals surface area contributed by atoms with E-state index in [-0.39, 0.29) is 57.1 Å². The number of methoxy groups -OCH3 is 1. The van der Waals surface area contributed by atoms with E-state index in [0.717, 1.165) is 50.5 Å². The van der Waals surface area contributed by atoms with Crippen molar-refractivity contribution in [3.05, 3.63) is 23.3 Å². The maximum Gasteiger partial charge on any atom is 0.312 e. The second-order valence-corrected chi connectivity index (χ2v) is 14.9. The Labute approximate surface area is 222 Å². The molecule has 0 radical (unpaired) electrons. The fraction of sp³-hybridized carbons (Fsp3) is 0.750. The van der Waals surface area contributed by atoms with Gasteiger partial charge < -0.3 is 4.74 Å². The van der Waals surface area contributed by atoms with Crippen LogP contribution >= 0.6 is 0 Å². The highest BCUT2D eigenvalue weighted by Crippen LogP contribution is 2.74. The first-order chi connectivity index (χ1) is 17.0. The van der Waals surface area contributed by atoms with E-state index in [4.69, 9.17) is 4.74 Å². The third kappa shape index (κ3) is 3.11. The minimum absolute atomic E-state index is 0.0308. The molecule has 37 heavy (non-hydrogen) atoms. The normalized spacial score (nSPS) is 45.6. The van der Waals surface area contributed by atoms with Gasteiger partial charge in [-0.25, -0.2) is 0 Å². The van der Waals surface area contributed by atoms with Crippen LogP contribution in [0.1, 0.15) is 93.4 Å². The summed E-state index contributed by atoms with van der Waals surface area (Å²) < 4.78 is 5.41. The minimum Gasteiger partial charge on any atom is -0.469 e. The van der Waals surface area contributed by atoms with Crippen LogP contribution in [-0.4, -0.2) is 24.6 Å². The summed E-state index contributed by atoms with van der Waals surface area (Å²) in [5, 5.41) is 9.86. The van der Waals surface area contributed by atoms with Gasteiger partial charge in [-0.2, -0.15) is 5.26 Å². The Balaban J connectivity index is 1.71. The molecule has 0 aromatic rings. The average Bonchev–Trinajstić information content (AvgIpc) is 2.82. The van der Waals surface area contributed by atoms with E-state index in [1.165, 1.54) is 7.11 Å². The summed E-state index contributed by atoms with van der Waals surface area (Å²) in [5.74, 6) is -0.376. The van der Waals surface area contributed by atoms with E-state index in [1.807, 2.05) is 26.0 Å². The number of allylic oxidation sites excluding steroid dienone is 4. The van der Waals surface area contributed by atoms with Gasteiger partial charge in [0, 0.05) is 16.7 Å². The molecule has 0 heterocycles. The SMILES string of the molecule is COC(=O)C12CCC(C)(C)CC1C1C(=O)C=C3C4(C)C=C(C#N)C(=O)C(C)(C)[C@@H]4CC[C@@]3(C)[C@]1(C)CC2. The lowest BCUT2D eigenvalue weighted by Gasteiger charge is -2.68. The Hall–Kier alpha value is -2.22. The molecular weight excluding hydrogens is 462 g/mol. The van der Waals surface area contributed by atoms with Crippen LogP contribution in [0.5, 0.6) is 0 Å². The highest BCUT2D eigenvalue weighted by molar-refractivity contribution is 6.04. The summed E-state index contributed by atoms with van der Waals surface area (Å²) >= 11 is 0. The first-order valence-electron chi connectivity index (χ1n) is 14.1. The first kappa shape index (κ1) is 26.4. The second-order valence-electron chi connectivity index (χ2n) is 14.9. The van der Waals surface area contributed by atoms with Gasteiger partial charge in [-0.15, -0.1) is 0 Å². The highest BCUT2D eigenvalue weighted by Gasteiger charge is 2.71. The van der Waals surface area contributed by atoms with Crippen LogP contribution in [0, 0.1) is 61.6 Å². The van der Waals surface area contributed by atoms with Crippen molar-refractivity contribution in [2.75, 3.05) is 7.11 Å². The number of ketones is 2. The van der Waals surface area contributed by atoms with Gasteiger partial charge in [-0.05, 0) is 79.1 Å². The highest BCUT2D eigenvalue weighted by atomic mass is 16.5. The molecule has 5 aliphatic carbocycles. The number of carbonyl (C=O) groups is 3. The molecule has 4 unspecified atom stereocenters. The number of rotatable bonds is 1. The van der Waals surface area contributed by atoms with Crippen molar-refractivity contribution in [2.45, 2.75) is 93.4 Å². The molecule has 0 aromatic heterocycles. The van der Waals surface area contributed by atoms with E-state index in [9.17, 15) is 19.6 Å². The number of hydrogen-bond donors (Lipinski definition) is 0. The van der Waals surface area contributed by atoms with Crippen molar-refractivity contribution in [1.29, 1.82) is 5.26 Å². The minimum atomic E-state index is -0.669. The van der Waals surface area contributed by atoms with Crippen LogP contribution in [0.25, 0.3) is 0 Å². The maximum atomic E-state index is 14.4. The number of nitrogens with zero attached hydrogens (tertiary/aromatic N) is 1. The molecule has 0 amide bonds. The van der Waals surface area contributed by atoms with E-state index in [0.29, 0.717) is 0 Å². The van der Waals surface area contributed by atoms with Crippen molar-refractivity contribution in [3.63, 3.8) is 0 Å². The number of nitriles is 1. The summed E-state index contributed by atoms with van der Waals surface area (Å²) in [6.45, 7) is 15.2. The Bertz CT molecular complexity index is 1200. The van der Waals surface area contributed by atoms with Crippen LogP contribution in [-0.2, 0) is 19.1 Å².